The Kier molecular flexibility index (Phi) is 4.71. The largest absolute Gasteiger partial charge is 0.451 e. The monoisotopic (exact) mass is 420 g/mol. The second-order valence-electron chi connectivity index (χ2n) is 8.14. The predicted molar refractivity (Wildman–Crippen MR) is 105 cm³/mol. The zero-order valence-electron chi connectivity index (χ0n) is 16.3. The quantitative estimate of drug-likeness (QED) is 0.601. The molecule has 0 fully saturated rings. The van der Waals surface area contributed by atoms with Gasteiger partial charge >= 0.3 is 6.03 Å². The van der Waals surface area contributed by atoms with E-state index in [0.29, 0.717) is 18.5 Å². The van der Waals surface area contributed by atoms with Crippen molar-refractivity contribution < 1.29 is 27.8 Å². The number of benzene rings is 1. The zero-order chi connectivity index (χ0) is 21.0. The molecule has 4 rings (SSSR count). The molecule has 0 saturated carbocycles. The predicted octanol–water partition coefficient (Wildman–Crippen LogP) is 2.49. The molecule has 0 radical (unpaired) electrons. The van der Waals surface area contributed by atoms with Gasteiger partial charge in [-0.1, -0.05) is 6.07 Å². The van der Waals surface area contributed by atoms with Gasteiger partial charge in [-0.2, -0.15) is 8.42 Å². The van der Waals surface area contributed by atoms with Crippen LogP contribution in [0.2, 0.25) is 0 Å². The Bertz CT molecular complexity index is 1080. The molecule has 0 aliphatic heterocycles. The summed E-state index contributed by atoms with van der Waals surface area (Å²) in [5.74, 6) is 0. The molecular weight excluding hydrogens is 396 g/mol. The fraction of sp³-hybridized carbons (Fsp3) is 0.450. The molecule has 1 aromatic heterocycles. The number of furan rings is 1. The van der Waals surface area contributed by atoms with Crippen LogP contribution in [-0.2, 0) is 34.9 Å². The smallest absolute Gasteiger partial charge is 0.333 e. The Hall–Kier alpha value is -2.36. The van der Waals surface area contributed by atoms with Crippen molar-refractivity contribution in [3.05, 3.63) is 46.2 Å². The van der Waals surface area contributed by atoms with Crippen molar-refractivity contribution in [2.24, 2.45) is 0 Å². The first-order valence-electron chi connectivity index (χ1n) is 9.57. The summed E-state index contributed by atoms with van der Waals surface area (Å²) in [6.45, 7) is 3.00. The number of carbonyl (C=O) groups is 1. The number of aliphatic hydroxyl groups excluding tert-OH is 1. The number of aryl methyl sites for hydroxylation is 1. The van der Waals surface area contributed by atoms with Gasteiger partial charge in [0.15, 0.2) is 0 Å². The Morgan fingerprint density at radius 1 is 1.21 bits per heavy atom. The molecule has 0 spiro atoms. The van der Waals surface area contributed by atoms with Crippen molar-refractivity contribution in [1.82, 2.24) is 4.72 Å². The first-order valence-corrected chi connectivity index (χ1v) is 11.1. The van der Waals surface area contributed by atoms with Gasteiger partial charge in [0, 0.05) is 17.3 Å². The third-order valence-electron chi connectivity index (χ3n) is 5.58. The molecule has 2 amide bonds. The van der Waals surface area contributed by atoms with E-state index in [1.807, 2.05) is 10.8 Å². The molecular formula is C20H24N2O6S. The van der Waals surface area contributed by atoms with E-state index >= 15 is 0 Å². The number of hydrogen-bond donors (Lipinski definition) is 4. The Morgan fingerprint density at radius 2 is 1.97 bits per heavy atom. The summed E-state index contributed by atoms with van der Waals surface area (Å²) < 4.78 is 32.0. The van der Waals surface area contributed by atoms with Gasteiger partial charge in [-0.15, -0.1) is 0 Å². The minimum absolute atomic E-state index is 0.283. The number of rotatable bonds is 4. The van der Waals surface area contributed by atoms with Crippen LogP contribution in [0.4, 0.5) is 10.5 Å². The molecule has 156 valence electrons. The van der Waals surface area contributed by atoms with E-state index in [-0.39, 0.29) is 5.56 Å². The van der Waals surface area contributed by atoms with Crippen LogP contribution < -0.4 is 10.0 Å². The maximum Gasteiger partial charge on any atom is 0.333 e. The van der Waals surface area contributed by atoms with E-state index in [9.17, 15) is 23.4 Å². The maximum absolute atomic E-state index is 12.5. The van der Waals surface area contributed by atoms with Crippen molar-refractivity contribution in [3.8, 4) is 0 Å². The Balaban J connectivity index is 1.58. The lowest BCUT2D eigenvalue weighted by Crippen LogP contribution is -2.34. The standard InChI is InChI=1S/C20H24N2O6S/c1-20(2,25)12-9-17(28-10-12)29(26,27)22-19(24)21-18-13-5-3-4-11(13)8-15-14(18)6-7-16(15)23/h8-10,16,23,25H,3-7H2,1-2H3,(H2,21,22,24). The number of aliphatic hydroxyl groups is 2. The SMILES string of the molecule is CC(C)(O)c1coc(S(=O)(=O)NC(=O)Nc2c3c(cc4c2CCC4O)CCC3)c1. The molecule has 1 unspecified atom stereocenters. The number of nitrogens with one attached hydrogen (secondary N) is 2. The van der Waals surface area contributed by atoms with Crippen molar-refractivity contribution in [2.45, 2.75) is 62.7 Å². The number of sulfonamides is 1. The molecule has 4 N–H and O–H groups in total. The summed E-state index contributed by atoms with van der Waals surface area (Å²) >= 11 is 0. The fourth-order valence-corrected chi connectivity index (χ4v) is 4.91. The number of hydrogen-bond acceptors (Lipinski definition) is 6. The van der Waals surface area contributed by atoms with Gasteiger partial charge in [-0.3, -0.25) is 0 Å². The van der Waals surface area contributed by atoms with Gasteiger partial charge in [0.1, 0.15) is 0 Å². The van der Waals surface area contributed by atoms with Crippen LogP contribution in [0.15, 0.2) is 27.9 Å². The van der Waals surface area contributed by atoms with Crippen LogP contribution >= 0.6 is 0 Å². The van der Waals surface area contributed by atoms with Crippen molar-refractivity contribution in [1.29, 1.82) is 0 Å². The molecule has 2 aromatic rings. The van der Waals surface area contributed by atoms with Crippen LogP contribution in [0.3, 0.4) is 0 Å². The Morgan fingerprint density at radius 3 is 2.66 bits per heavy atom. The summed E-state index contributed by atoms with van der Waals surface area (Å²) in [4.78, 5) is 12.5. The van der Waals surface area contributed by atoms with Crippen LogP contribution in [0.25, 0.3) is 0 Å². The first kappa shape index (κ1) is 19.9. The molecule has 1 heterocycles. The Labute approximate surface area is 169 Å². The minimum Gasteiger partial charge on any atom is -0.451 e. The average Bonchev–Trinajstić information content (AvgIpc) is 3.33. The van der Waals surface area contributed by atoms with Crippen molar-refractivity contribution in [3.63, 3.8) is 0 Å². The van der Waals surface area contributed by atoms with Crippen molar-refractivity contribution in [2.75, 3.05) is 5.32 Å². The molecule has 2 aliphatic rings. The lowest BCUT2D eigenvalue weighted by molar-refractivity contribution is 0.0779. The van der Waals surface area contributed by atoms with Crippen LogP contribution in [0.1, 0.15) is 60.6 Å². The maximum atomic E-state index is 12.5. The van der Waals surface area contributed by atoms with Crippen LogP contribution in [0, 0.1) is 0 Å². The molecule has 8 nitrogen and oxygen atoms in total. The van der Waals surface area contributed by atoms with Gasteiger partial charge in [0.25, 0.3) is 10.0 Å². The second-order valence-corrected chi connectivity index (χ2v) is 9.75. The third kappa shape index (κ3) is 3.65. The summed E-state index contributed by atoms with van der Waals surface area (Å²) in [6, 6.07) is 2.30. The molecule has 1 atom stereocenters. The number of anilines is 1. The molecule has 1 aromatic carbocycles. The van der Waals surface area contributed by atoms with Gasteiger partial charge in [-0.05, 0) is 68.2 Å². The average molecular weight is 420 g/mol. The van der Waals surface area contributed by atoms with Gasteiger partial charge in [0.05, 0.1) is 18.0 Å². The van der Waals surface area contributed by atoms with E-state index in [4.69, 9.17) is 4.42 Å². The molecule has 0 saturated heterocycles. The lowest BCUT2D eigenvalue weighted by Gasteiger charge is -2.17. The summed E-state index contributed by atoms with van der Waals surface area (Å²) in [7, 11) is -4.25. The molecule has 0 bridgehead atoms. The summed E-state index contributed by atoms with van der Waals surface area (Å²) in [5, 5.41) is 22.4. The first-order chi connectivity index (χ1) is 13.6. The van der Waals surface area contributed by atoms with E-state index < -0.39 is 32.9 Å². The number of carbonyl (C=O) groups excluding carboxylic acids is 1. The zero-order valence-corrected chi connectivity index (χ0v) is 17.1. The van der Waals surface area contributed by atoms with Gasteiger partial charge in [-0.25, -0.2) is 9.52 Å². The lowest BCUT2D eigenvalue weighted by atomic mass is 9.98. The highest BCUT2D eigenvalue weighted by molar-refractivity contribution is 7.89. The third-order valence-corrected chi connectivity index (χ3v) is 6.78. The summed E-state index contributed by atoms with van der Waals surface area (Å²) in [5.41, 5.74) is 3.39. The summed E-state index contributed by atoms with van der Waals surface area (Å²) in [6.07, 6.45) is 4.41. The highest BCUT2D eigenvalue weighted by Crippen LogP contribution is 2.42. The normalized spacial score (nSPS) is 18.4. The highest BCUT2D eigenvalue weighted by Gasteiger charge is 2.31. The van der Waals surface area contributed by atoms with Gasteiger partial charge < -0.3 is 19.9 Å². The van der Waals surface area contributed by atoms with Crippen molar-refractivity contribution >= 4 is 21.7 Å². The minimum atomic E-state index is -4.25. The number of amides is 2. The second kappa shape index (κ2) is 6.86. The molecule has 9 heteroatoms. The molecule has 2 aliphatic carbocycles. The number of urea groups is 1. The van der Waals surface area contributed by atoms with E-state index in [0.717, 1.165) is 47.8 Å². The number of fused-ring (bicyclic) bond motifs is 2. The van der Waals surface area contributed by atoms with Gasteiger partial charge in [0.2, 0.25) is 5.09 Å². The van der Waals surface area contributed by atoms with E-state index in [1.165, 1.54) is 19.9 Å². The highest BCUT2D eigenvalue weighted by atomic mass is 32.2. The van der Waals surface area contributed by atoms with E-state index in [1.54, 1.807) is 0 Å². The van der Waals surface area contributed by atoms with E-state index in [2.05, 4.69) is 5.32 Å². The fourth-order valence-electron chi connectivity index (χ4n) is 4.06. The van der Waals surface area contributed by atoms with Crippen LogP contribution in [0.5, 0.6) is 0 Å². The van der Waals surface area contributed by atoms with Crippen LogP contribution in [-0.4, -0.2) is 24.7 Å². The topological polar surface area (TPSA) is 129 Å². The molecule has 29 heavy (non-hydrogen) atoms.